The first-order valence-electron chi connectivity index (χ1n) is 8.87. The fourth-order valence-corrected chi connectivity index (χ4v) is 3.27. The number of benzene rings is 1. The maximum absolute atomic E-state index is 12.7. The molecule has 5 heteroatoms. The molecule has 1 aliphatic heterocycles. The van der Waals surface area contributed by atoms with E-state index in [1.165, 1.54) is 7.11 Å². The van der Waals surface area contributed by atoms with Crippen LogP contribution in [0.2, 0.25) is 0 Å². The lowest BCUT2D eigenvalue weighted by atomic mass is 9.85. The molecule has 1 aliphatic rings. The van der Waals surface area contributed by atoms with Gasteiger partial charge in [-0.15, -0.1) is 0 Å². The van der Waals surface area contributed by atoms with Crippen molar-refractivity contribution in [3.8, 4) is 0 Å². The molecule has 1 unspecified atom stereocenters. The summed E-state index contributed by atoms with van der Waals surface area (Å²) in [5.74, 6) is -0.817. The molecule has 25 heavy (non-hydrogen) atoms. The molecule has 138 valence electrons. The van der Waals surface area contributed by atoms with Gasteiger partial charge in [-0.3, -0.25) is 4.79 Å². The molecule has 2 atom stereocenters. The number of aryl methyl sites for hydroxylation is 1. The van der Waals surface area contributed by atoms with Crippen LogP contribution in [0.4, 0.5) is 4.79 Å². The topological polar surface area (TPSA) is 55.8 Å². The van der Waals surface area contributed by atoms with Crippen molar-refractivity contribution in [3.63, 3.8) is 0 Å². The zero-order chi connectivity index (χ0) is 18.6. The van der Waals surface area contributed by atoms with Crippen LogP contribution in [0, 0.1) is 6.92 Å². The smallest absolute Gasteiger partial charge is 0.410 e. The molecular formula is C20H29NO4. The van der Waals surface area contributed by atoms with Crippen molar-refractivity contribution in [1.82, 2.24) is 4.90 Å². The second kappa shape index (κ2) is 7.89. The van der Waals surface area contributed by atoms with Crippen LogP contribution < -0.4 is 0 Å². The predicted molar refractivity (Wildman–Crippen MR) is 96.5 cm³/mol. The fraction of sp³-hybridized carbons (Fsp3) is 0.600. The lowest BCUT2D eigenvalue weighted by Crippen LogP contribution is -2.50. The molecule has 0 bridgehead atoms. The second-order valence-electron chi connectivity index (χ2n) is 7.65. The van der Waals surface area contributed by atoms with E-state index in [9.17, 15) is 9.59 Å². The van der Waals surface area contributed by atoms with Gasteiger partial charge in [-0.25, -0.2) is 4.79 Å². The number of hydrogen-bond donors (Lipinski definition) is 0. The predicted octanol–water partition coefficient (Wildman–Crippen LogP) is 4.04. The molecule has 5 nitrogen and oxygen atoms in total. The van der Waals surface area contributed by atoms with Crippen molar-refractivity contribution < 1.29 is 19.1 Å². The van der Waals surface area contributed by atoms with Gasteiger partial charge in [0.25, 0.3) is 0 Å². The highest BCUT2D eigenvalue weighted by Gasteiger charge is 2.40. The van der Waals surface area contributed by atoms with Crippen molar-refractivity contribution >= 4 is 12.1 Å². The Morgan fingerprint density at radius 2 is 1.80 bits per heavy atom. The monoisotopic (exact) mass is 347 g/mol. The zero-order valence-corrected chi connectivity index (χ0v) is 15.9. The summed E-state index contributed by atoms with van der Waals surface area (Å²) in [4.78, 5) is 26.9. The Kier molecular flexibility index (Phi) is 6.09. The second-order valence-corrected chi connectivity index (χ2v) is 7.65. The average Bonchev–Trinajstić information content (AvgIpc) is 2.55. The number of esters is 1. The van der Waals surface area contributed by atoms with Gasteiger partial charge in [-0.2, -0.15) is 0 Å². The maximum atomic E-state index is 12.7. The summed E-state index contributed by atoms with van der Waals surface area (Å²) in [6.45, 7) is 8.15. The molecule has 0 aliphatic carbocycles. The van der Waals surface area contributed by atoms with Crippen LogP contribution in [0.3, 0.4) is 0 Å². The highest BCUT2D eigenvalue weighted by molar-refractivity contribution is 5.80. The van der Waals surface area contributed by atoms with E-state index in [4.69, 9.17) is 9.47 Å². The molecule has 1 heterocycles. The molecule has 1 amide bonds. The summed E-state index contributed by atoms with van der Waals surface area (Å²) < 4.78 is 10.6. The van der Waals surface area contributed by atoms with E-state index in [1.54, 1.807) is 4.90 Å². The number of piperidine rings is 1. The van der Waals surface area contributed by atoms with E-state index < -0.39 is 11.5 Å². The Morgan fingerprint density at radius 3 is 2.36 bits per heavy atom. The average molecular weight is 347 g/mol. The fourth-order valence-electron chi connectivity index (χ4n) is 3.27. The molecule has 0 spiro atoms. The minimum atomic E-state index is -0.566. The molecule has 0 saturated carbocycles. The van der Waals surface area contributed by atoms with Gasteiger partial charge in [0.15, 0.2) is 0 Å². The minimum Gasteiger partial charge on any atom is -0.468 e. The lowest BCUT2D eigenvalue weighted by Gasteiger charge is -2.40. The van der Waals surface area contributed by atoms with Crippen molar-refractivity contribution in [2.24, 2.45) is 0 Å². The van der Waals surface area contributed by atoms with Crippen molar-refractivity contribution in [3.05, 3.63) is 35.4 Å². The van der Waals surface area contributed by atoms with Crippen LogP contribution >= 0.6 is 0 Å². The number of nitrogens with zero attached hydrogens (tertiary/aromatic N) is 1. The van der Waals surface area contributed by atoms with Crippen LogP contribution in [0.5, 0.6) is 0 Å². The van der Waals surface area contributed by atoms with Gasteiger partial charge in [0.2, 0.25) is 0 Å². The SMILES string of the molecule is COC(=O)[C@@H](c1ccc(C)cc1)C1CCCCN1C(=O)OC(C)(C)C. The van der Waals surface area contributed by atoms with E-state index in [-0.39, 0.29) is 18.1 Å². The van der Waals surface area contributed by atoms with E-state index in [0.29, 0.717) is 6.54 Å². The molecule has 1 saturated heterocycles. The molecule has 1 aromatic rings. The quantitative estimate of drug-likeness (QED) is 0.774. The van der Waals surface area contributed by atoms with Gasteiger partial charge in [-0.1, -0.05) is 29.8 Å². The third-order valence-electron chi connectivity index (χ3n) is 4.45. The van der Waals surface area contributed by atoms with Crippen LogP contribution in [0.25, 0.3) is 0 Å². The summed E-state index contributed by atoms with van der Waals surface area (Å²) in [6, 6.07) is 7.59. The van der Waals surface area contributed by atoms with Crippen LogP contribution in [0.1, 0.15) is 57.1 Å². The van der Waals surface area contributed by atoms with E-state index in [0.717, 1.165) is 30.4 Å². The zero-order valence-electron chi connectivity index (χ0n) is 15.9. The summed E-state index contributed by atoms with van der Waals surface area (Å²) in [5.41, 5.74) is 1.43. The Bertz CT molecular complexity index is 603. The van der Waals surface area contributed by atoms with E-state index in [2.05, 4.69) is 0 Å². The molecule has 0 radical (unpaired) electrons. The van der Waals surface area contributed by atoms with Gasteiger partial charge in [0.1, 0.15) is 11.5 Å². The van der Waals surface area contributed by atoms with E-state index >= 15 is 0 Å². The number of carbonyl (C=O) groups is 2. The van der Waals surface area contributed by atoms with Gasteiger partial charge in [-0.05, 0) is 52.5 Å². The number of carbonyl (C=O) groups excluding carboxylic acids is 2. The number of hydrogen-bond acceptors (Lipinski definition) is 4. The molecule has 1 aromatic carbocycles. The number of amides is 1. The Morgan fingerprint density at radius 1 is 1.16 bits per heavy atom. The number of likely N-dealkylation sites (tertiary alicyclic amines) is 1. The first-order valence-corrected chi connectivity index (χ1v) is 8.87. The highest BCUT2D eigenvalue weighted by atomic mass is 16.6. The molecular weight excluding hydrogens is 318 g/mol. The maximum Gasteiger partial charge on any atom is 0.410 e. The van der Waals surface area contributed by atoms with Gasteiger partial charge in [0.05, 0.1) is 13.2 Å². The minimum absolute atomic E-state index is 0.251. The normalized spacial score (nSPS) is 19.2. The number of ether oxygens (including phenoxy) is 2. The standard InChI is InChI=1S/C20H29NO4/c1-14-9-11-15(12-10-14)17(18(22)24-5)16-8-6-7-13-21(16)19(23)25-20(2,3)4/h9-12,16-17H,6-8,13H2,1-5H3/t16?,17-/m0/s1. The van der Waals surface area contributed by atoms with Gasteiger partial charge < -0.3 is 14.4 Å². The first kappa shape index (κ1) is 19.3. The Hall–Kier alpha value is -2.04. The van der Waals surface area contributed by atoms with Gasteiger partial charge >= 0.3 is 12.1 Å². The Balaban J connectivity index is 2.33. The first-order chi connectivity index (χ1) is 11.7. The summed E-state index contributed by atoms with van der Waals surface area (Å²) in [5, 5.41) is 0. The van der Waals surface area contributed by atoms with Gasteiger partial charge in [0, 0.05) is 6.54 Å². The van der Waals surface area contributed by atoms with Crippen LogP contribution in [-0.4, -0.2) is 42.3 Å². The third-order valence-corrected chi connectivity index (χ3v) is 4.45. The summed E-state index contributed by atoms with van der Waals surface area (Å²) >= 11 is 0. The number of methoxy groups -OCH3 is 1. The lowest BCUT2D eigenvalue weighted by molar-refractivity contribution is -0.144. The third kappa shape index (κ3) is 4.97. The van der Waals surface area contributed by atoms with E-state index in [1.807, 2.05) is 52.0 Å². The molecule has 0 N–H and O–H groups in total. The molecule has 1 fully saturated rings. The van der Waals surface area contributed by atoms with Crippen LogP contribution in [0.15, 0.2) is 24.3 Å². The van der Waals surface area contributed by atoms with Crippen molar-refractivity contribution in [1.29, 1.82) is 0 Å². The molecule has 2 rings (SSSR count). The number of rotatable bonds is 3. The van der Waals surface area contributed by atoms with Crippen LogP contribution in [-0.2, 0) is 14.3 Å². The highest BCUT2D eigenvalue weighted by Crippen LogP contribution is 2.33. The Labute approximate surface area is 150 Å². The summed E-state index contributed by atoms with van der Waals surface area (Å²) in [6.07, 6.45) is 2.28. The van der Waals surface area contributed by atoms with Crippen molar-refractivity contribution in [2.45, 2.75) is 64.5 Å². The molecule has 0 aromatic heterocycles. The van der Waals surface area contributed by atoms with Crippen molar-refractivity contribution in [2.75, 3.05) is 13.7 Å². The summed E-state index contributed by atoms with van der Waals surface area (Å²) in [7, 11) is 1.39. The largest absolute Gasteiger partial charge is 0.468 e.